The molecular weight excluding hydrogens is 372 g/mol. The Bertz CT molecular complexity index is 759. The molecule has 24 heavy (non-hydrogen) atoms. The normalized spacial score (nSPS) is 25.5. The van der Waals surface area contributed by atoms with E-state index in [-0.39, 0.29) is 11.5 Å². The molecule has 2 atom stereocenters. The first-order valence-corrected chi connectivity index (χ1v) is 11.5. The quantitative estimate of drug-likeness (QED) is 0.792. The summed E-state index contributed by atoms with van der Waals surface area (Å²) < 4.78 is 37.0. The zero-order chi connectivity index (χ0) is 17.5. The van der Waals surface area contributed by atoms with Gasteiger partial charge in [0.25, 0.3) is 0 Å². The van der Waals surface area contributed by atoms with Crippen molar-refractivity contribution in [2.24, 2.45) is 0 Å². The van der Waals surface area contributed by atoms with Gasteiger partial charge >= 0.3 is 5.97 Å². The lowest BCUT2D eigenvalue weighted by Crippen LogP contribution is -2.39. The van der Waals surface area contributed by atoms with E-state index in [4.69, 9.17) is 0 Å². The van der Waals surface area contributed by atoms with Gasteiger partial charge in [0, 0.05) is 35.9 Å². The van der Waals surface area contributed by atoms with Gasteiger partial charge in [0.2, 0.25) is 0 Å². The summed E-state index contributed by atoms with van der Waals surface area (Å²) in [5, 5.41) is 9.25. The average Bonchev–Trinajstić information content (AvgIpc) is 3.02. The van der Waals surface area contributed by atoms with E-state index in [0.717, 1.165) is 9.75 Å². The Balaban J connectivity index is 1.68. The molecule has 10 heteroatoms. The van der Waals surface area contributed by atoms with Crippen molar-refractivity contribution in [1.29, 1.82) is 0 Å². The minimum absolute atomic E-state index is 0.189. The minimum atomic E-state index is -2.89. The zero-order valence-electron chi connectivity index (χ0n) is 13.3. The molecule has 0 amide bonds. The monoisotopic (exact) mass is 392 g/mol. The van der Waals surface area contributed by atoms with Gasteiger partial charge in [-0.3, -0.25) is 9.69 Å². The van der Waals surface area contributed by atoms with Crippen molar-refractivity contribution in [3.63, 3.8) is 0 Å². The van der Waals surface area contributed by atoms with Crippen molar-refractivity contribution in [2.75, 3.05) is 24.6 Å². The Labute approximate surface area is 147 Å². The van der Waals surface area contributed by atoms with Crippen LogP contribution in [0.2, 0.25) is 0 Å². The Kier molecular flexibility index (Phi) is 5.12. The number of hydrogen-bond acceptors (Lipinski definition) is 6. The van der Waals surface area contributed by atoms with Gasteiger partial charge in [-0.25, -0.2) is 16.9 Å². The van der Waals surface area contributed by atoms with Crippen LogP contribution in [0.1, 0.15) is 23.1 Å². The highest BCUT2D eigenvalue weighted by Crippen LogP contribution is 2.36. The largest absolute Gasteiger partial charge is 0.480 e. The summed E-state index contributed by atoms with van der Waals surface area (Å²) >= 11 is 1.54. The van der Waals surface area contributed by atoms with E-state index in [2.05, 4.69) is 4.90 Å². The van der Waals surface area contributed by atoms with Crippen LogP contribution < -0.4 is 0 Å². The van der Waals surface area contributed by atoms with Crippen LogP contribution in [0.25, 0.3) is 0 Å². The third-order valence-electron chi connectivity index (χ3n) is 4.36. The Hall–Kier alpha value is -0.810. The van der Waals surface area contributed by atoms with Crippen molar-refractivity contribution in [1.82, 2.24) is 9.21 Å². The summed E-state index contributed by atoms with van der Waals surface area (Å²) in [6.07, 6.45) is 0.408. The predicted octanol–water partition coefficient (Wildman–Crippen LogP) is 0.680. The van der Waals surface area contributed by atoms with E-state index in [1.54, 1.807) is 18.3 Å². The van der Waals surface area contributed by atoms with Crippen LogP contribution in [-0.2, 0) is 38.7 Å². The Morgan fingerprint density at radius 3 is 2.62 bits per heavy atom. The lowest BCUT2D eigenvalue weighted by molar-refractivity contribution is -0.141. The van der Waals surface area contributed by atoms with Crippen molar-refractivity contribution in [3.8, 4) is 0 Å². The van der Waals surface area contributed by atoms with Crippen molar-refractivity contribution in [2.45, 2.75) is 37.4 Å². The Morgan fingerprint density at radius 2 is 2.08 bits per heavy atom. The van der Waals surface area contributed by atoms with E-state index in [9.17, 15) is 22.5 Å². The fourth-order valence-corrected chi connectivity index (χ4v) is 7.33. The van der Waals surface area contributed by atoms with Gasteiger partial charge in [-0.05, 0) is 12.5 Å². The number of nitrogens with zero attached hydrogens (tertiary/aromatic N) is 2. The highest BCUT2D eigenvalue weighted by atomic mass is 32.2. The highest BCUT2D eigenvalue weighted by molar-refractivity contribution is 7.91. The second-order valence-corrected chi connectivity index (χ2v) is 10.9. The number of aliphatic carboxylic acids is 1. The molecule has 3 heterocycles. The van der Waals surface area contributed by atoms with E-state index in [0.29, 0.717) is 37.5 Å². The number of carbonyl (C=O) groups is 1. The summed E-state index contributed by atoms with van der Waals surface area (Å²) in [4.78, 5) is 16.1. The second kappa shape index (κ2) is 6.83. The molecule has 0 radical (unpaired) electrons. The standard InChI is InChI=1S/C14H20N2O5S3/c1-2-11(14(17)18)16-9-12-13(23(16)19)7-10(22-12)8-15-3-5-24(20,21)6-4-15/h7,11H,2-6,8-9H2,1H3,(H,17,18). The predicted molar refractivity (Wildman–Crippen MR) is 91.9 cm³/mol. The maximum Gasteiger partial charge on any atom is 0.321 e. The van der Waals surface area contributed by atoms with Crippen LogP contribution >= 0.6 is 11.3 Å². The molecule has 1 aromatic rings. The summed E-state index contributed by atoms with van der Waals surface area (Å²) in [5.74, 6) is -0.570. The maximum absolute atomic E-state index is 12.6. The summed E-state index contributed by atoms with van der Waals surface area (Å²) in [5.41, 5.74) is 0. The number of hydrogen-bond donors (Lipinski definition) is 1. The first-order chi connectivity index (χ1) is 11.3. The minimum Gasteiger partial charge on any atom is -0.480 e. The number of carboxylic acids is 1. The molecule has 1 aromatic heterocycles. The molecule has 2 aliphatic rings. The van der Waals surface area contributed by atoms with Gasteiger partial charge in [-0.15, -0.1) is 11.3 Å². The molecule has 3 rings (SSSR count). The maximum atomic E-state index is 12.6. The zero-order valence-corrected chi connectivity index (χ0v) is 15.8. The molecule has 0 spiro atoms. The number of rotatable bonds is 5. The van der Waals surface area contributed by atoms with Crippen molar-refractivity contribution in [3.05, 3.63) is 15.8 Å². The fourth-order valence-electron chi connectivity index (χ4n) is 2.98. The number of fused-ring (bicyclic) bond motifs is 1. The first kappa shape index (κ1) is 18.0. The average molecular weight is 393 g/mol. The molecule has 1 fully saturated rings. The third kappa shape index (κ3) is 3.57. The molecule has 1 saturated heterocycles. The molecule has 134 valence electrons. The van der Waals surface area contributed by atoms with Gasteiger partial charge in [-0.2, -0.15) is 0 Å². The molecule has 2 aliphatic heterocycles. The van der Waals surface area contributed by atoms with Crippen LogP contribution in [0.15, 0.2) is 11.0 Å². The van der Waals surface area contributed by atoms with Crippen molar-refractivity contribution >= 4 is 38.1 Å². The smallest absolute Gasteiger partial charge is 0.321 e. The first-order valence-electron chi connectivity index (χ1n) is 7.76. The van der Waals surface area contributed by atoms with Crippen LogP contribution in [0, 0.1) is 0 Å². The molecule has 1 N–H and O–H groups in total. The van der Waals surface area contributed by atoms with Crippen LogP contribution in [-0.4, -0.2) is 63.5 Å². The molecule has 0 bridgehead atoms. The molecule has 0 aromatic carbocycles. The highest BCUT2D eigenvalue weighted by Gasteiger charge is 2.37. The van der Waals surface area contributed by atoms with Crippen molar-refractivity contribution < 1.29 is 22.5 Å². The van der Waals surface area contributed by atoms with E-state index in [1.807, 2.05) is 6.07 Å². The number of carboxylic acid groups (broad SMARTS) is 1. The summed E-state index contributed by atoms with van der Waals surface area (Å²) in [6, 6.07) is 1.15. The van der Waals surface area contributed by atoms with Crippen LogP contribution in [0.5, 0.6) is 0 Å². The molecule has 0 aliphatic carbocycles. The summed E-state index contributed by atoms with van der Waals surface area (Å²) in [7, 11) is -4.33. The van der Waals surface area contributed by atoms with Crippen LogP contribution in [0.3, 0.4) is 0 Å². The van der Waals surface area contributed by atoms with E-state index >= 15 is 0 Å². The summed E-state index contributed by atoms with van der Waals surface area (Å²) in [6.45, 7) is 3.87. The second-order valence-electron chi connectivity index (χ2n) is 6.01. The van der Waals surface area contributed by atoms with Gasteiger partial charge in [0.05, 0.1) is 16.4 Å². The molecular formula is C14H20N2O5S3. The van der Waals surface area contributed by atoms with Gasteiger partial charge < -0.3 is 5.11 Å². The van der Waals surface area contributed by atoms with Gasteiger partial charge in [-0.1, -0.05) is 6.92 Å². The van der Waals surface area contributed by atoms with E-state index in [1.165, 1.54) is 4.31 Å². The van der Waals surface area contributed by atoms with Gasteiger partial charge in [0.15, 0.2) is 9.84 Å². The lowest BCUT2D eigenvalue weighted by atomic mass is 10.2. The van der Waals surface area contributed by atoms with E-state index < -0.39 is 32.8 Å². The fraction of sp³-hybridized carbons (Fsp3) is 0.643. The van der Waals surface area contributed by atoms with Gasteiger partial charge in [0.1, 0.15) is 17.0 Å². The Morgan fingerprint density at radius 1 is 1.42 bits per heavy atom. The lowest BCUT2D eigenvalue weighted by Gasteiger charge is -2.26. The third-order valence-corrected chi connectivity index (χ3v) is 8.75. The SMILES string of the molecule is CCC(C(=O)O)N1Cc2sc(CN3CCS(=O)(=O)CC3)cc2S1=O. The number of thiophene rings is 1. The number of sulfone groups is 1. The molecule has 0 saturated carbocycles. The topological polar surface area (TPSA) is 95.0 Å². The van der Waals surface area contributed by atoms with Crippen LogP contribution in [0.4, 0.5) is 0 Å². The molecule has 7 nitrogen and oxygen atoms in total. The molecule has 2 unspecified atom stereocenters.